The highest BCUT2D eigenvalue weighted by Gasteiger charge is 2.14. The summed E-state index contributed by atoms with van der Waals surface area (Å²) in [5.41, 5.74) is 4.86. The molecule has 0 bridgehead atoms. The molecule has 0 aromatic heterocycles. The van der Waals surface area contributed by atoms with Gasteiger partial charge in [-0.05, 0) is 90.6 Å². The van der Waals surface area contributed by atoms with Crippen LogP contribution in [0.4, 0.5) is 0 Å². The number of carbonyl (C=O) groups is 2. The van der Waals surface area contributed by atoms with E-state index in [-0.39, 0.29) is 24.3 Å². The summed E-state index contributed by atoms with van der Waals surface area (Å²) in [6, 6.07) is 18.9. The zero-order valence-corrected chi connectivity index (χ0v) is 25.8. The molecular formula is C34H42O8S. The van der Waals surface area contributed by atoms with Crippen LogP contribution in [0.25, 0.3) is 11.1 Å². The van der Waals surface area contributed by atoms with Crippen LogP contribution in [0.15, 0.2) is 65.6 Å². The third kappa shape index (κ3) is 11.4. The lowest BCUT2D eigenvalue weighted by Gasteiger charge is -2.15. The van der Waals surface area contributed by atoms with Gasteiger partial charge in [-0.15, -0.1) is 0 Å². The van der Waals surface area contributed by atoms with E-state index in [1.165, 1.54) is 11.8 Å². The number of aryl methyl sites for hydroxylation is 2. The summed E-state index contributed by atoms with van der Waals surface area (Å²) in [7, 11) is -3.41. The molecule has 232 valence electrons. The third-order valence-corrected chi connectivity index (χ3v) is 8.32. The van der Waals surface area contributed by atoms with Gasteiger partial charge in [0.2, 0.25) is 0 Å². The van der Waals surface area contributed by atoms with Crippen LogP contribution in [0.1, 0.15) is 68.6 Å². The predicted molar refractivity (Wildman–Crippen MR) is 167 cm³/mol. The summed E-state index contributed by atoms with van der Waals surface area (Å²) in [6.45, 7) is 2.81. The molecule has 0 saturated heterocycles. The maximum absolute atomic E-state index is 12.3. The first-order chi connectivity index (χ1) is 20.6. The molecule has 3 aromatic carbocycles. The number of ether oxygens (including phenoxy) is 2. The normalized spacial score (nSPS) is 11.3. The Bertz CT molecular complexity index is 1460. The Labute approximate surface area is 254 Å². The minimum atomic E-state index is -3.41. The van der Waals surface area contributed by atoms with Gasteiger partial charge in [0.25, 0.3) is 0 Å². The van der Waals surface area contributed by atoms with Gasteiger partial charge in [-0.1, -0.05) is 56.2 Å². The Morgan fingerprint density at radius 2 is 1.44 bits per heavy atom. The Kier molecular flexibility index (Phi) is 13.1. The molecule has 0 aliphatic heterocycles. The number of hydrogen-bond acceptors (Lipinski definition) is 6. The summed E-state index contributed by atoms with van der Waals surface area (Å²) in [5, 5.41) is 18.1. The molecular weight excluding hydrogens is 568 g/mol. The predicted octanol–water partition coefficient (Wildman–Crippen LogP) is 6.76. The molecule has 0 saturated carbocycles. The summed E-state index contributed by atoms with van der Waals surface area (Å²) in [4.78, 5) is 22.2. The Hall–Kier alpha value is -3.85. The highest BCUT2D eigenvalue weighted by molar-refractivity contribution is 7.90. The van der Waals surface area contributed by atoms with E-state index in [4.69, 9.17) is 14.6 Å². The van der Waals surface area contributed by atoms with Gasteiger partial charge in [-0.2, -0.15) is 0 Å². The van der Waals surface area contributed by atoms with Gasteiger partial charge in [-0.25, -0.2) is 8.42 Å². The zero-order valence-electron chi connectivity index (χ0n) is 25.0. The minimum Gasteiger partial charge on any atom is -0.494 e. The van der Waals surface area contributed by atoms with Crippen molar-refractivity contribution in [3.8, 4) is 22.6 Å². The molecule has 0 amide bonds. The lowest BCUT2D eigenvalue weighted by atomic mass is 9.97. The fourth-order valence-corrected chi connectivity index (χ4v) is 5.50. The molecule has 43 heavy (non-hydrogen) atoms. The summed E-state index contributed by atoms with van der Waals surface area (Å²) in [5.74, 6) is -0.607. The molecule has 0 aliphatic carbocycles. The second-order valence-electron chi connectivity index (χ2n) is 10.7. The van der Waals surface area contributed by atoms with E-state index in [0.717, 1.165) is 60.8 Å². The molecule has 9 heteroatoms. The lowest BCUT2D eigenvalue weighted by molar-refractivity contribution is -0.138. The summed E-state index contributed by atoms with van der Waals surface area (Å²) >= 11 is 0. The van der Waals surface area contributed by atoms with E-state index in [9.17, 15) is 23.1 Å². The van der Waals surface area contributed by atoms with Gasteiger partial charge in [0.05, 0.1) is 18.1 Å². The van der Waals surface area contributed by atoms with Crippen LogP contribution in [0.3, 0.4) is 0 Å². The van der Waals surface area contributed by atoms with Crippen molar-refractivity contribution in [1.29, 1.82) is 0 Å². The zero-order chi connectivity index (χ0) is 31.2. The summed E-state index contributed by atoms with van der Waals surface area (Å²) < 4.78 is 36.5. The smallest absolute Gasteiger partial charge is 0.303 e. The molecule has 2 N–H and O–H groups in total. The highest BCUT2D eigenvalue weighted by Crippen LogP contribution is 2.29. The van der Waals surface area contributed by atoms with Crippen molar-refractivity contribution in [2.75, 3.05) is 19.5 Å². The third-order valence-electron chi connectivity index (χ3n) is 7.22. The van der Waals surface area contributed by atoms with Gasteiger partial charge in [0.15, 0.2) is 9.84 Å². The van der Waals surface area contributed by atoms with E-state index in [1.54, 1.807) is 12.1 Å². The average Bonchev–Trinajstić information content (AvgIpc) is 2.97. The molecule has 0 radical (unpaired) electrons. The van der Waals surface area contributed by atoms with Crippen molar-refractivity contribution in [3.63, 3.8) is 0 Å². The van der Waals surface area contributed by atoms with Crippen LogP contribution in [0, 0.1) is 0 Å². The fraction of sp³-hybridized carbons (Fsp3) is 0.412. The van der Waals surface area contributed by atoms with Crippen LogP contribution in [0.5, 0.6) is 11.5 Å². The Morgan fingerprint density at radius 3 is 2.12 bits per heavy atom. The van der Waals surface area contributed by atoms with Crippen molar-refractivity contribution in [1.82, 2.24) is 0 Å². The maximum atomic E-state index is 12.3. The molecule has 0 fully saturated rings. The summed E-state index contributed by atoms with van der Waals surface area (Å²) in [6.07, 6.45) is 7.24. The van der Waals surface area contributed by atoms with Crippen molar-refractivity contribution in [2.45, 2.75) is 76.0 Å². The number of rotatable bonds is 19. The van der Waals surface area contributed by atoms with Crippen molar-refractivity contribution < 1.29 is 37.7 Å². The first-order valence-electron chi connectivity index (χ1n) is 14.8. The quantitative estimate of drug-likeness (QED) is 0.143. The number of aliphatic carboxylic acids is 2. The van der Waals surface area contributed by atoms with Crippen LogP contribution >= 0.6 is 0 Å². The lowest BCUT2D eigenvalue weighted by Crippen LogP contribution is -2.07. The largest absolute Gasteiger partial charge is 0.494 e. The van der Waals surface area contributed by atoms with Gasteiger partial charge in [-0.3, -0.25) is 9.59 Å². The number of unbranched alkanes of at least 4 members (excludes halogenated alkanes) is 3. The molecule has 0 atom stereocenters. The monoisotopic (exact) mass is 610 g/mol. The second-order valence-corrected chi connectivity index (χ2v) is 12.7. The van der Waals surface area contributed by atoms with Crippen molar-refractivity contribution >= 4 is 21.8 Å². The molecule has 3 rings (SSSR count). The van der Waals surface area contributed by atoms with Crippen LogP contribution < -0.4 is 9.47 Å². The van der Waals surface area contributed by atoms with E-state index in [1.807, 2.05) is 48.5 Å². The molecule has 0 heterocycles. The standard InChI is InChI=1S/C34H42O8S/c1-3-25-14-16-26(17-15-25)28-22-29(24-30(23-28)43(2,39)40)41-20-7-5-4-6-10-27-11-8-12-32(31(27)18-19-34(37)38)42-21-9-13-33(35)36/h8,11-12,14-17,22-24H,3-7,9-10,13,18-21H2,1-2H3,(H,35,36)(H,37,38). The molecule has 0 aliphatic rings. The highest BCUT2D eigenvalue weighted by atomic mass is 32.2. The second kappa shape index (κ2) is 16.7. The number of carboxylic acids is 2. The SMILES string of the molecule is CCc1ccc(-c2cc(OCCCCCCc3cccc(OCCCC(=O)O)c3CCC(=O)O)cc(S(C)(=O)=O)c2)cc1. The average molecular weight is 611 g/mol. The van der Waals surface area contributed by atoms with Crippen LogP contribution in [0.2, 0.25) is 0 Å². The van der Waals surface area contributed by atoms with E-state index in [0.29, 0.717) is 30.9 Å². The number of benzene rings is 3. The number of carboxylic acid groups (broad SMARTS) is 2. The minimum absolute atomic E-state index is 0.00780. The molecule has 0 spiro atoms. The fourth-order valence-electron chi connectivity index (χ4n) is 4.83. The Morgan fingerprint density at radius 1 is 0.744 bits per heavy atom. The van der Waals surface area contributed by atoms with Gasteiger partial charge in [0, 0.05) is 19.1 Å². The van der Waals surface area contributed by atoms with Gasteiger partial charge < -0.3 is 19.7 Å². The molecule has 8 nitrogen and oxygen atoms in total. The van der Waals surface area contributed by atoms with Crippen molar-refractivity contribution in [3.05, 3.63) is 77.4 Å². The first-order valence-corrected chi connectivity index (χ1v) is 16.7. The Balaban J connectivity index is 1.54. The van der Waals surface area contributed by atoms with Crippen LogP contribution in [-0.2, 0) is 38.7 Å². The first kappa shape index (κ1) is 33.6. The van der Waals surface area contributed by atoms with E-state index >= 15 is 0 Å². The van der Waals surface area contributed by atoms with E-state index < -0.39 is 21.8 Å². The topological polar surface area (TPSA) is 127 Å². The number of sulfone groups is 1. The number of hydrogen-bond donors (Lipinski definition) is 2. The molecule has 0 unspecified atom stereocenters. The molecule has 3 aromatic rings. The van der Waals surface area contributed by atoms with Crippen LogP contribution in [-0.4, -0.2) is 50.0 Å². The maximum Gasteiger partial charge on any atom is 0.303 e. The van der Waals surface area contributed by atoms with Gasteiger partial charge in [0.1, 0.15) is 11.5 Å². The van der Waals surface area contributed by atoms with Gasteiger partial charge >= 0.3 is 11.9 Å². The van der Waals surface area contributed by atoms with E-state index in [2.05, 4.69) is 6.92 Å². The van der Waals surface area contributed by atoms with Crippen molar-refractivity contribution in [2.24, 2.45) is 0 Å².